The summed E-state index contributed by atoms with van der Waals surface area (Å²) in [6.07, 6.45) is 2.25. The van der Waals surface area contributed by atoms with Gasteiger partial charge >= 0.3 is 0 Å². The molecule has 2 rings (SSSR count). The summed E-state index contributed by atoms with van der Waals surface area (Å²) in [4.78, 5) is 2.37. The number of hydrogen-bond donors (Lipinski definition) is 1. The van der Waals surface area contributed by atoms with Crippen LogP contribution in [0.1, 0.15) is 12.8 Å². The number of nitrogens with one attached hydrogen (secondary N) is 1. The lowest BCUT2D eigenvalue weighted by Crippen LogP contribution is -2.37. The van der Waals surface area contributed by atoms with Gasteiger partial charge in [0.05, 0.1) is 17.6 Å². The highest BCUT2D eigenvalue weighted by Gasteiger charge is 2.27. The van der Waals surface area contributed by atoms with Crippen molar-refractivity contribution in [2.75, 3.05) is 44.8 Å². The highest BCUT2D eigenvalue weighted by molar-refractivity contribution is 7.91. The molecule has 0 spiro atoms. The van der Waals surface area contributed by atoms with Crippen LogP contribution >= 0.6 is 0 Å². The molecule has 2 aliphatic rings. The van der Waals surface area contributed by atoms with E-state index in [1.807, 2.05) is 0 Å². The molecule has 100 valence electrons. The molecule has 2 unspecified atom stereocenters. The minimum absolute atomic E-state index is 0.167. The molecule has 2 atom stereocenters. The Hall–Kier alpha value is -0.170. The van der Waals surface area contributed by atoms with Crippen LogP contribution in [0.15, 0.2) is 0 Å². The highest BCUT2D eigenvalue weighted by atomic mass is 32.2. The van der Waals surface area contributed by atoms with Crippen LogP contribution in [0, 0.1) is 0 Å². The van der Waals surface area contributed by atoms with Crippen LogP contribution < -0.4 is 5.32 Å². The van der Waals surface area contributed by atoms with Gasteiger partial charge in [-0.2, -0.15) is 0 Å². The van der Waals surface area contributed by atoms with Gasteiger partial charge in [-0.1, -0.05) is 0 Å². The van der Waals surface area contributed by atoms with E-state index < -0.39 is 9.84 Å². The van der Waals surface area contributed by atoms with Crippen LogP contribution in [0.4, 0.5) is 0 Å². The minimum Gasteiger partial charge on any atom is -0.380 e. The molecule has 0 aromatic rings. The van der Waals surface area contributed by atoms with Gasteiger partial charge in [-0.25, -0.2) is 8.42 Å². The molecule has 5 nitrogen and oxygen atoms in total. The normalized spacial score (nSPS) is 33.2. The molecule has 2 heterocycles. The van der Waals surface area contributed by atoms with E-state index >= 15 is 0 Å². The summed E-state index contributed by atoms with van der Waals surface area (Å²) >= 11 is 0. The van der Waals surface area contributed by atoms with E-state index in [1.165, 1.54) is 0 Å². The molecule has 17 heavy (non-hydrogen) atoms. The summed E-state index contributed by atoms with van der Waals surface area (Å²) in [5.74, 6) is 0.661. The number of ether oxygens (including phenoxy) is 1. The van der Waals surface area contributed by atoms with Gasteiger partial charge in [0.2, 0.25) is 0 Å². The van der Waals surface area contributed by atoms with E-state index in [0.29, 0.717) is 17.6 Å². The second-order valence-corrected chi connectivity index (χ2v) is 7.23. The summed E-state index contributed by atoms with van der Waals surface area (Å²) < 4.78 is 27.9. The maximum Gasteiger partial charge on any atom is 0.151 e. The Kier molecular flexibility index (Phi) is 4.41. The van der Waals surface area contributed by atoms with Gasteiger partial charge in [0.15, 0.2) is 9.84 Å². The molecule has 6 heteroatoms. The fourth-order valence-electron chi connectivity index (χ4n) is 2.58. The van der Waals surface area contributed by atoms with Crippen molar-refractivity contribution in [2.24, 2.45) is 0 Å². The van der Waals surface area contributed by atoms with Crippen molar-refractivity contribution >= 4 is 9.84 Å². The average Bonchev–Trinajstić information content (AvgIpc) is 2.85. The van der Waals surface area contributed by atoms with Gasteiger partial charge in [-0.15, -0.1) is 0 Å². The first-order valence-corrected chi connectivity index (χ1v) is 8.10. The second-order valence-electron chi connectivity index (χ2n) is 5.00. The molecule has 2 aliphatic heterocycles. The quantitative estimate of drug-likeness (QED) is 0.723. The van der Waals surface area contributed by atoms with Crippen LogP contribution in [0.2, 0.25) is 0 Å². The lowest BCUT2D eigenvalue weighted by atomic mass is 10.2. The van der Waals surface area contributed by atoms with Crippen molar-refractivity contribution < 1.29 is 13.2 Å². The van der Waals surface area contributed by atoms with Crippen LogP contribution in [-0.2, 0) is 14.6 Å². The predicted molar refractivity (Wildman–Crippen MR) is 66.9 cm³/mol. The van der Waals surface area contributed by atoms with E-state index in [2.05, 4.69) is 10.2 Å². The van der Waals surface area contributed by atoms with Gasteiger partial charge in [0, 0.05) is 39.3 Å². The minimum atomic E-state index is -2.75. The van der Waals surface area contributed by atoms with E-state index in [4.69, 9.17) is 4.74 Å². The summed E-state index contributed by atoms with van der Waals surface area (Å²) in [5.41, 5.74) is 0. The molecule has 0 aromatic carbocycles. The summed E-state index contributed by atoms with van der Waals surface area (Å²) in [6, 6.07) is 0.167. The first kappa shape index (κ1) is 13.3. The van der Waals surface area contributed by atoms with Gasteiger partial charge in [0.25, 0.3) is 0 Å². The van der Waals surface area contributed by atoms with E-state index in [-0.39, 0.29) is 6.04 Å². The Morgan fingerprint density at radius 3 is 2.82 bits per heavy atom. The van der Waals surface area contributed by atoms with E-state index in [1.54, 1.807) is 7.11 Å². The first-order chi connectivity index (χ1) is 8.09. The topological polar surface area (TPSA) is 58.6 Å². The Balaban J connectivity index is 1.61. The molecule has 0 amide bonds. The zero-order chi connectivity index (χ0) is 12.3. The Bertz CT molecular complexity index is 345. The van der Waals surface area contributed by atoms with Crippen LogP contribution in [0.5, 0.6) is 0 Å². The Morgan fingerprint density at radius 2 is 2.24 bits per heavy atom. The van der Waals surface area contributed by atoms with Gasteiger partial charge in [-0.05, 0) is 12.8 Å². The fraction of sp³-hybridized carbons (Fsp3) is 1.00. The molecule has 2 saturated heterocycles. The van der Waals surface area contributed by atoms with E-state index in [0.717, 1.165) is 39.0 Å². The number of sulfone groups is 1. The van der Waals surface area contributed by atoms with Crippen LogP contribution in [-0.4, -0.2) is 70.3 Å². The predicted octanol–water partition coefficient (Wildman–Crippen LogP) is -0.516. The number of nitrogens with zero attached hydrogens (tertiary/aromatic N) is 1. The van der Waals surface area contributed by atoms with Gasteiger partial charge in [-0.3, -0.25) is 4.90 Å². The third-order valence-corrected chi connectivity index (χ3v) is 5.42. The van der Waals surface area contributed by atoms with Crippen molar-refractivity contribution in [3.63, 3.8) is 0 Å². The van der Waals surface area contributed by atoms with Crippen LogP contribution in [0.3, 0.4) is 0 Å². The van der Waals surface area contributed by atoms with Crippen molar-refractivity contribution in [2.45, 2.75) is 25.0 Å². The smallest absolute Gasteiger partial charge is 0.151 e. The molecule has 1 N–H and O–H groups in total. The maximum atomic E-state index is 11.3. The van der Waals surface area contributed by atoms with Gasteiger partial charge in [0.1, 0.15) is 0 Å². The highest BCUT2D eigenvalue weighted by Crippen LogP contribution is 2.12. The summed E-state index contributed by atoms with van der Waals surface area (Å²) in [6.45, 7) is 3.94. The monoisotopic (exact) mass is 262 g/mol. The Morgan fingerprint density at radius 1 is 1.41 bits per heavy atom. The number of likely N-dealkylation sites (tertiary alicyclic amines) is 1. The third kappa shape index (κ3) is 3.91. The molecule has 0 aliphatic carbocycles. The largest absolute Gasteiger partial charge is 0.380 e. The number of methoxy groups -OCH3 is 1. The maximum absolute atomic E-state index is 11.3. The van der Waals surface area contributed by atoms with Crippen molar-refractivity contribution in [3.8, 4) is 0 Å². The average molecular weight is 262 g/mol. The van der Waals surface area contributed by atoms with Crippen molar-refractivity contribution in [1.29, 1.82) is 0 Å². The zero-order valence-corrected chi connectivity index (χ0v) is 11.2. The SMILES string of the molecule is COC1CCN(CCNC2CCS(=O)(=O)C2)C1. The van der Waals surface area contributed by atoms with E-state index in [9.17, 15) is 8.42 Å². The molecule has 0 bridgehead atoms. The van der Waals surface area contributed by atoms with Gasteiger partial charge < -0.3 is 10.1 Å². The molecule has 0 saturated carbocycles. The number of hydrogen-bond acceptors (Lipinski definition) is 5. The first-order valence-electron chi connectivity index (χ1n) is 6.28. The second kappa shape index (κ2) is 5.65. The van der Waals surface area contributed by atoms with Crippen molar-refractivity contribution in [3.05, 3.63) is 0 Å². The lowest BCUT2D eigenvalue weighted by molar-refractivity contribution is 0.108. The van der Waals surface area contributed by atoms with Crippen molar-refractivity contribution in [1.82, 2.24) is 10.2 Å². The molecule has 0 aromatic heterocycles. The standard InChI is InChI=1S/C11H22N2O3S/c1-16-11-2-5-13(8-11)6-4-12-10-3-7-17(14,15)9-10/h10-12H,2-9H2,1H3. The Labute approximate surface area is 103 Å². The molecular formula is C11H22N2O3S. The summed E-state index contributed by atoms with van der Waals surface area (Å²) in [7, 11) is -0.994. The fourth-order valence-corrected chi connectivity index (χ4v) is 4.28. The lowest BCUT2D eigenvalue weighted by Gasteiger charge is -2.17. The van der Waals surface area contributed by atoms with Crippen LogP contribution in [0.25, 0.3) is 0 Å². The molecule has 0 radical (unpaired) electrons. The molecular weight excluding hydrogens is 240 g/mol. The summed E-state index contributed by atoms with van der Waals surface area (Å²) in [5, 5.41) is 3.34. The third-order valence-electron chi connectivity index (χ3n) is 3.66. The number of rotatable bonds is 5. The molecule has 2 fully saturated rings. The zero-order valence-electron chi connectivity index (χ0n) is 10.4.